The van der Waals surface area contributed by atoms with Crippen molar-refractivity contribution in [3.05, 3.63) is 35.1 Å². The summed E-state index contributed by atoms with van der Waals surface area (Å²) < 4.78 is 11.5. The summed E-state index contributed by atoms with van der Waals surface area (Å²) in [5.41, 5.74) is 3.51. The molecule has 4 aliphatic rings. The molecule has 0 aliphatic carbocycles. The molecule has 3 unspecified atom stereocenters. The lowest BCUT2D eigenvalue weighted by molar-refractivity contribution is -0.195. The van der Waals surface area contributed by atoms with Crippen LogP contribution in [0.1, 0.15) is 18.1 Å². The molecule has 6 heteroatoms. The fraction of sp³-hybridized carbons (Fsp3) is 0.421. The Balaban J connectivity index is 1.58. The highest BCUT2D eigenvalue weighted by Crippen LogP contribution is 2.62. The van der Waals surface area contributed by atoms with Gasteiger partial charge in [-0.2, -0.15) is 5.06 Å². The van der Waals surface area contributed by atoms with Crippen LogP contribution in [0.3, 0.4) is 0 Å². The Morgan fingerprint density at radius 3 is 2.84 bits per heavy atom. The SMILES string of the molecule is CC#CC1=NC(c2ccc3c(c2)C2(CN2O)C2(COC2)CO3)=CPC1. The third kappa shape index (κ3) is 2.09. The predicted octanol–water partition coefficient (Wildman–Crippen LogP) is 2.45. The van der Waals surface area contributed by atoms with Crippen molar-refractivity contribution < 1.29 is 14.7 Å². The third-order valence-corrected chi connectivity index (χ3v) is 6.62. The second-order valence-electron chi connectivity index (χ2n) is 7.03. The van der Waals surface area contributed by atoms with E-state index in [2.05, 4.69) is 23.7 Å². The maximum Gasteiger partial charge on any atom is 0.124 e. The van der Waals surface area contributed by atoms with Crippen molar-refractivity contribution in [2.24, 2.45) is 10.4 Å². The molecule has 0 bridgehead atoms. The van der Waals surface area contributed by atoms with Gasteiger partial charge >= 0.3 is 0 Å². The number of benzene rings is 1. The quantitative estimate of drug-likeness (QED) is 0.478. The number of ether oxygens (including phenoxy) is 2. The molecule has 0 aromatic heterocycles. The zero-order valence-corrected chi connectivity index (χ0v) is 15.0. The van der Waals surface area contributed by atoms with Crippen molar-refractivity contribution in [3.63, 3.8) is 0 Å². The maximum absolute atomic E-state index is 10.4. The number of hydrogen-bond donors (Lipinski definition) is 1. The third-order valence-electron chi connectivity index (χ3n) is 5.61. The molecule has 2 spiro atoms. The maximum atomic E-state index is 10.4. The van der Waals surface area contributed by atoms with Crippen molar-refractivity contribution in [1.29, 1.82) is 0 Å². The van der Waals surface area contributed by atoms with Gasteiger partial charge in [0.15, 0.2) is 0 Å². The van der Waals surface area contributed by atoms with Gasteiger partial charge in [0.1, 0.15) is 17.9 Å². The monoisotopic (exact) mass is 354 g/mol. The lowest BCUT2D eigenvalue weighted by Gasteiger charge is -2.50. The Bertz CT molecular complexity index is 878. The fourth-order valence-electron chi connectivity index (χ4n) is 4.10. The highest BCUT2D eigenvalue weighted by atomic mass is 31.1. The Hall–Kier alpha value is -1.70. The van der Waals surface area contributed by atoms with E-state index in [0.717, 1.165) is 34.4 Å². The standard InChI is InChI=1S/C19H19N2O3P/c1-2-3-14-7-25-8-16(20-14)13-4-5-17-15(6-13)19(9-21(19)22)18(12-24-17)10-23-11-18/h4-6,8,22,25H,7,9-12H2,1H3. The second-order valence-corrected chi connectivity index (χ2v) is 8.09. The van der Waals surface area contributed by atoms with Gasteiger partial charge in [0.2, 0.25) is 0 Å². The molecule has 0 radical (unpaired) electrons. The summed E-state index contributed by atoms with van der Waals surface area (Å²) in [6.07, 6.45) is 0.924. The van der Waals surface area contributed by atoms with Crippen LogP contribution in [-0.2, 0) is 10.3 Å². The van der Waals surface area contributed by atoms with Gasteiger partial charge in [-0.3, -0.25) is 0 Å². The van der Waals surface area contributed by atoms with E-state index in [9.17, 15) is 5.21 Å². The summed E-state index contributed by atoms with van der Waals surface area (Å²) in [4.78, 5) is 4.72. The first-order valence-electron chi connectivity index (χ1n) is 8.44. The summed E-state index contributed by atoms with van der Waals surface area (Å²) in [5, 5.41) is 11.8. The van der Waals surface area contributed by atoms with Crippen LogP contribution in [0.4, 0.5) is 0 Å². The Labute approximate surface area is 148 Å². The van der Waals surface area contributed by atoms with E-state index in [0.29, 0.717) is 34.9 Å². The lowest BCUT2D eigenvalue weighted by Crippen LogP contribution is -2.59. The molecule has 5 nitrogen and oxygen atoms in total. The zero-order valence-electron chi connectivity index (χ0n) is 14.0. The summed E-state index contributed by atoms with van der Waals surface area (Å²) in [7, 11) is 0.697. The van der Waals surface area contributed by atoms with Crippen LogP contribution in [0, 0.1) is 17.3 Å². The molecule has 25 heavy (non-hydrogen) atoms. The van der Waals surface area contributed by atoms with Crippen LogP contribution < -0.4 is 4.74 Å². The van der Waals surface area contributed by atoms with Crippen LogP contribution >= 0.6 is 8.58 Å². The van der Waals surface area contributed by atoms with Crippen LogP contribution in [0.2, 0.25) is 0 Å². The molecule has 128 valence electrons. The van der Waals surface area contributed by atoms with Crippen LogP contribution in [0.5, 0.6) is 5.75 Å². The minimum atomic E-state index is -0.373. The van der Waals surface area contributed by atoms with E-state index < -0.39 is 0 Å². The number of hydroxylamine groups is 2. The largest absolute Gasteiger partial charge is 0.492 e. The number of hydrogen-bond acceptors (Lipinski definition) is 5. The molecule has 4 heterocycles. The lowest BCUT2D eigenvalue weighted by atomic mass is 9.68. The van der Waals surface area contributed by atoms with Gasteiger partial charge in [-0.05, 0) is 30.9 Å². The van der Waals surface area contributed by atoms with Gasteiger partial charge in [-0.1, -0.05) is 14.5 Å². The molecule has 2 fully saturated rings. The number of nitrogens with zero attached hydrogens (tertiary/aromatic N) is 2. The summed E-state index contributed by atoms with van der Waals surface area (Å²) >= 11 is 0. The molecule has 1 aromatic carbocycles. The Morgan fingerprint density at radius 2 is 2.16 bits per heavy atom. The molecule has 0 saturated carbocycles. The average molecular weight is 354 g/mol. The molecule has 0 amide bonds. The van der Waals surface area contributed by atoms with Crippen molar-refractivity contribution >= 4 is 20.0 Å². The van der Waals surface area contributed by atoms with Crippen molar-refractivity contribution in [1.82, 2.24) is 5.06 Å². The highest BCUT2D eigenvalue weighted by molar-refractivity contribution is 7.43. The van der Waals surface area contributed by atoms with Gasteiger partial charge in [0.05, 0.1) is 36.6 Å². The van der Waals surface area contributed by atoms with Crippen LogP contribution in [0.15, 0.2) is 29.0 Å². The number of fused-ring (bicyclic) bond motifs is 3. The van der Waals surface area contributed by atoms with Gasteiger partial charge < -0.3 is 14.7 Å². The topological polar surface area (TPSA) is 54.1 Å². The van der Waals surface area contributed by atoms with E-state index in [1.807, 2.05) is 19.1 Å². The fourth-order valence-corrected chi connectivity index (χ4v) is 4.99. The first kappa shape index (κ1) is 15.5. The number of aliphatic imine (C=N–C) groups is 1. The van der Waals surface area contributed by atoms with E-state index >= 15 is 0 Å². The zero-order chi connectivity index (χ0) is 17.1. The number of rotatable bonds is 1. The summed E-state index contributed by atoms with van der Waals surface area (Å²) in [6.45, 7) is 4.33. The normalized spacial score (nSPS) is 32.0. The minimum absolute atomic E-state index is 0.141. The van der Waals surface area contributed by atoms with Gasteiger partial charge in [-0.25, -0.2) is 4.99 Å². The first-order chi connectivity index (χ1) is 12.2. The molecular weight excluding hydrogens is 335 g/mol. The van der Waals surface area contributed by atoms with E-state index in [1.165, 1.54) is 5.06 Å². The van der Waals surface area contributed by atoms with Crippen molar-refractivity contribution in [2.75, 3.05) is 32.5 Å². The van der Waals surface area contributed by atoms with E-state index in [4.69, 9.17) is 14.5 Å². The summed E-state index contributed by atoms with van der Waals surface area (Å²) in [6, 6.07) is 6.19. The Kier molecular flexibility index (Phi) is 3.36. The summed E-state index contributed by atoms with van der Waals surface area (Å²) in [5.74, 6) is 9.07. The predicted molar refractivity (Wildman–Crippen MR) is 97.4 cm³/mol. The van der Waals surface area contributed by atoms with Gasteiger partial charge in [0.25, 0.3) is 0 Å². The van der Waals surface area contributed by atoms with Gasteiger partial charge in [-0.15, -0.1) is 5.92 Å². The van der Waals surface area contributed by atoms with E-state index in [1.54, 1.807) is 0 Å². The Morgan fingerprint density at radius 1 is 1.32 bits per heavy atom. The second kappa shape index (κ2) is 5.40. The van der Waals surface area contributed by atoms with Crippen LogP contribution in [-0.4, -0.2) is 48.5 Å². The van der Waals surface area contributed by atoms with Crippen molar-refractivity contribution in [3.8, 4) is 17.6 Å². The molecule has 1 aromatic rings. The average Bonchev–Trinajstić information content (AvgIpc) is 3.26. The van der Waals surface area contributed by atoms with Crippen molar-refractivity contribution in [2.45, 2.75) is 12.5 Å². The smallest absolute Gasteiger partial charge is 0.124 e. The molecule has 3 atom stereocenters. The molecule has 1 N–H and O–H groups in total. The minimum Gasteiger partial charge on any atom is -0.492 e. The molecule has 5 rings (SSSR count). The van der Waals surface area contributed by atoms with Crippen LogP contribution in [0.25, 0.3) is 5.70 Å². The molecule has 4 aliphatic heterocycles. The molecular formula is C19H19N2O3P. The van der Waals surface area contributed by atoms with E-state index in [-0.39, 0.29) is 11.0 Å². The molecule has 2 saturated heterocycles. The first-order valence-corrected chi connectivity index (χ1v) is 9.73. The van der Waals surface area contributed by atoms with Gasteiger partial charge in [0, 0.05) is 17.3 Å². The highest BCUT2D eigenvalue weighted by Gasteiger charge is 2.72.